The van der Waals surface area contributed by atoms with Gasteiger partial charge in [0.1, 0.15) is 5.82 Å². The Balaban J connectivity index is 2.08. The third-order valence-corrected chi connectivity index (χ3v) is 4.25. The summed E-state index contributed by atoms with van der Waals surface area (Å²) in [5.41, 5.74) is 3.57. The van der Waals surface area contributed by atoms with Crippen LogP contribution in [0.15, 0.2) is 18.2 Å². The van der Waals surface area contributed by atoms with E-state index in [-0.39, 0.29) is 0 Å². The first-order chi connectivity index (χ1) is 9.69. The molecule has 1 fully saturated rings. The number of imidazole rings is 1. The summed E-state index contributed by atoms with van der Waals surface area (Å²) < 4.78 is 8.08. The summed E-state index contributed by atoms with van der Waals surface area (Å²) in [6, 6.07) is 6.99. The third kappa shape index (κ3) is 2.57. The van der Waals surface area contributed by atoms with E-state index in [9.17, 15) is 0 Å². The summed E-state index contributed by atoms with van der Waals surface area (Å²) in [6.07, 6.45) is 3.25. The minimum absolute atomic E-state index is 0.320. The van der Waals surface area contributed by atoms with Crippen molar-refractivity contribution in [1.82, 2.24) is 9.55 Å². The fourth-order valence-corrected chi connectivity index (χ4v) is 3.30. The predicted octanol–water partition coefficient (Wildman–Crippen LogP) is 3.87. The molecule has 1 aromatic carbocycles. The molecular weight excluding hydrogens is 272 g/mol. The molecule has 2 heterocycles. The number of fused-ring (bicyclic) bond motifs is 1. The Hall–Kier alpha value is -1.06. The molecule has 3 rings (SSSR count). The van der Waals surface area contributed by atoms with Gasteiger partial charge in [-0.3, -0.25) is 0 Å². The van der Waals surface area contributed by atoms with E-state index in [0.717, 1.165) is 37.2 Å². The Morgan fingerprint density at radius 3 is 3.05 bits per heavy atom. The van der Waals surface area contributed by atoms with Gasteiger partial charge < -0.3 is 9.30 Å². The van der Waals surface area contributed by atoms with E-state index in [1.54, 1.807) is 0 Å². The van der Waals surface area contributed by atoms with Crippen molar-refractivity contribution in [2.24, 2.45) is 0 Å². The highest BCUT2D eigenvalue weighted by Crippen LogP contribution is 2.31. The van der Waals surface area contributed by atoms with E-state index >= 15 is 0 Å². The minimum atomic E-state index is 0.320. The SMILES string of the molecule is Cc1ccc2c(c1)nc(CCCl)n2C1CCOC(C)C1. The van der Waals surface area contributed by atoms with Crippen LogP contribution in [0.2, 0.25) is 0 Å². The fourth-order valence-electron chi connectivity index (χ4n) is 3.14. The standard InChI is InChI=1S/C16H21ClN2O/c1-11-3-4-15-14(9-11)18-16(5-7-17)19(15)13-6-8-20-12(2)10-13/h3-4,9,12-13H,5-8,10H2,1-2H3. The molecule has 4 heteroatoms. The number of hydrogen-bond acceptors (Lipinski definition) is 2. The van der Waals surface area contributed by atoms with Crippen LogP contribution in [0, 0.1) is 6.92 Å². The number of rotatable bonds is 3. The monoisotopic (exact) mass is 292 g/mol. The second-order valence-corrected chi connectivity index (χ2v) is 6.07. The number of nitrogens with zero attached hydrogens (tertiary/aromatic N) is 2. The van der Waals surface area contributed by atoms with Crippen LogP contribution >= 0.6 is 11.6 Å². The van der Waals surface area contributed by atoms with E-state index < -0.39 is 0 Å². The quantitative estimate of drug-likeness (QED) is 0.803. The highest BCUT2D eigenvalue weighted by molar-refractivity contribution is 6.17. The van der Waals surface area contributed by atoms with Gasteiger partial charge in [-0.05, 0) is 44.4 Å². The number of ether oxygens (including phenoxy) is 1. The van der Waals surface area contributed by atoms with Crippen molar-refractivity contribution >= 4 is 22.6 Å². The maximum absolute atomic E-state index is 5.96. The lowest BCUT2D eigenvalue weighted by molar-refractivity contribution is 0.00625. The van der Waals surface area contributed by atoms with E-state index in [1.807, 2.05) is 0 Å². The van der Waals surface area contributed by atoms with Crippen molar-refractivity contribution in [3.8, 4) is 0 Å². The zero-order valence-corrected chi connectivity index (χ0v) is 12.9. The largest absolute Gasteiger partial charge is 0.378 e. The second kappa shape index (κ2) is 5.74. The lowest BCUT2D eigenvalue weighted by atomic mass is 10.0. The van der Waals surface area contributed by atoms with Crippen LogP contribution in [-0.2, 0) is 11.2 Å². The summed E-state index contributed by atoms with van der Waals surface area (Å²) in [4.78, 5) is 4.80. The first-order valence-electron chi connectivity index (χ1n) is 7.34. The van der Waals surface area contributed by atoms with E-state index in [2.05, 4.69) is 36.6 Å². The van der Waals surface area contributed by atoms with Crippen LogP contribution in [0.4, 0.5) is 0 Å². The van der Waals surface area contributed by atoms with Crippen LogP contribution in [0.1, 0.15) is 37.2 Å². The molecule has 1 saturated heterocycles. The number of benzene rings is 1. The van der Waals surface area contributed by atoms with E-state index in [0.29, 0.717) is 18.0 Å². The predicted molar refractivity (Wildman–Crippen MR) is 82.6 cm³/mol. The maximum atomic E-state index is 5.96. The smallest absolute Gasteiger partial charge is 0.111 e. The number of aromatic nitrogens is 2. The Morgan fingerprint density at radius 2 is 2.30 bits per heavy atom. The first-order valence-corrected chi connectivity index (χ1v) is 7.87. The molecule has 1 aliphatic heterocycles. The van der Waals surface area contributed by atoms with Gasteiger partial charge in [0.2, 0.25) is 0 Å². The van der Waals surface area contributed by atoms with Crippen LogP contribution in [-0.4, -0.2) is 28.1 Å². The van der Waals surface area contributed by atoms with Crippen molar-refractivity contribution in [1.29, 1.82) is 0 Å². The average Bonchev–Trinajstić information content (AvgIpc) is 2.76. The first kappa shape index (κ1) is 13.9. The van der Waals surface area contributed by atoms with Crippen molar-refractivity contribution in [2.45, 2.75) is 45.3 Å². The molecule has 1 aromatic heterocycles. The van der Waals surface area contributed by atoms with Crippen molar-refractivity contribution in [2.75, 3.05) is 12.5 Å². The van der Waals surface area contributed by atoms with E-state index in [1.165, 1.54) is 11.1 Å². The number of aryl methyl sites for hydroxylation is 2. The van der Waals surface area contributed by atoms with Gasteiger partial charge in [-0.15, -0.1) is 11.6 Å². The Bertz CT molecular complexity index is 608. The van der Waals surface area contributed by atoms with Crippen LogP contribution in [0.5, 0.6) is 0 Å². The maximum Gasteiger partial charge on any atom is 0.111 e. The fraction of sp³-hybridized carbons (Fsp3) is 0.562. The summed E-state index contributed by atoms with van der Waals surface area (Å²) >= 11 is 5.96. The lowest BCUT2D eigenvalue weighted by Crippen LogP contribution is -2.26. The normalized spacial score (nSPS) is 23.4. The Labute approximate surface area is 124 Å². The molecule has 0 N–H and O–H groups in total. The van der Waals surface area contributed by atoms with Gasteiger partial charge in [-0.1, -0.05) is 6.07 Å². The highest BCUT2D eigenvalue weighted by atomic mass is 35.5. The molecule has 108 valence electrons. The average molecular weight is 293 g/mol. The van der Waals surface area contributed by atoms with Crippen LogP contribution in [0.25, 0.3) is 11.0 Å². The second-order valence-electron chi connectivity index (χ2n) is 5.69. The van der Waals surface area contributed by atoms with Crippen molar-refractivity contribution in [3.63, 3.8) is 0 Å². The Kier molecular flexibility index (Phi) is 3.99. The Morgan fingerprint density at radius 1 is 1.45 bits per heavy atom. The summed E-state index contributed by atoms with van der Waals surface area (Å²) in [6.45, 7) is 5.09. The molecule has 0 radical (unpaired) electrons. The van der Waals surface area contributed by atoms with Gasteiger partial charge in [-0.25, -0.2) is 4.98 Å². The third-order valence-electron chi connectivity index (χ3n) is 4.06. The van der Waals surface area contributed by atoms with Gasteiger partial charge in [0.25, 0.3) is 0 Å². The number of halogens is 1. The van der Waals surface area contributed by atoms with Crippen molar-refractivity contribution < 1.29 is 4.74 Å². The molecule has 1 aliphatic rings. The molecule has 20 heavy (non-hydrogen) atoms. The summed E-state index contributed by atoms with van der Waals surface area (Å²) in [5.74, 6) is 1.72. The van der Waals surface area contributed by atoms with Gasteiger partial charge in [0, 0.05) is 24.9 Å². The molecule has 0 saturated carbocycles. The van der Waals surface area contributed by atoms with Gasteiger partial charge >= 0.3 is 0 Å². The van der Waals surface area contributed by atoms with Crippen molar-refractivity contribution in [3.05, 3.63) is 29.6 Å². The number of alkyl halides is 1. The van der Waals surface area contributed by atoms with E-state index in [4.69, 9.17) is 21.3 Å². The molecule has 3 nitrogen and oxygen atoms in total. The van der Waals surface area contributed by atoms with Gasteiger partial charge in [0.15, 0.2) is 0 Å². The minimum Gasteiger partial charge on any atom is -0.378 e. The highest BCUT2D eigenvalue weighted by Gasteiger charge is 2.24. The molecular formula is C16H21ClN2O. The molecule has 2 atom stereocenters. The molecule has 0 amide bonds. The molecule has 2 unspecified atom stereocenters. The molecule has 2 aromatic rings. The zero-order valence-electron chi connectivity index (χ0n) is 12.1. The van der Waals surface area contributed by atoms with Gasteiger partial charge in [-0.2, -0.15) is 0 Å². The number of hydrogen-bond donors (Lipinski definition) is 0. The summed E-state index contributed by atoms with van der Waals surface area (Å²) in [7, 11) is 0. The topological polar surface area (TPSA) is 27.1 Å². The molecule has 0 bridgehead atoms. The van der Waals surface area contributed by atoms with Crippen LogP contribution < -0.4 is 0 Å². The lowest BCUT2D eigenvalue weighted by Gasteiger charge is -2.30. The molecule has 0 aliphatic carbocycles. The summed E-state index contributed by atoms with van der Waals surface area (Å²) in [5, 5.41) is 0. The molecule has 0 spiro atoms. The zero-order chi connectivity index (χ0) is 14.1. The van der Waals surface area contributed by atoms with Gasteiger partial charge in [0.05, 0.1) is 17.1 Å². The van der Waals surface area contributed by atoms with Crippen LogP contribution in [0.3, 0.4) is 0 Å².